The molecule has 0 radical (unpaired) electrons. The third-order valence-corrected chi connectivity index (χ3v) is 3.64. The Bertz CT molecular complexity index is 553. The van der Waals surface area contributed by atoms with Gasteiger partial charge in [-0.3, -0.25) is 0 Å². The Hall–Kier alpha value is -0.940. The highest BCUT2D eigenvalue weighted by Gasteiger charge is 2.18. The summed E-state index contributed by atoms with van der Waals surface area (Å²) in [5.74, 6) is -0.339. The first kappa shape index (κ1) is 17.1. The lowest BCUT2D eigenvalue weighted by Gasteiger charge is -2.19. The van der Waals surface area contributed by atoms with E-state index in [-0.39, 0.29) is 18.2 Å². The first-order chi connectivity index (χ1) is 9.08. The molecule has 0 aliphatic carbocycles. The fraction of sp³-hybridized carbons (Fsp3) is 0.200. The van der Waals surface area contributed by atoms with E-state index in [2.05, 4.69) is 15.9 Å². The Kier molecular flexibility index (Phi) is 6.62. The van der Waals surface area contributed by atoms with Crippen molar-refractivity contribution in [1.29, 1.82) is 0 Å². The van der Waals surface area contributed by atoms with Crippen molar-refractivity contribution in [3.63, 3.8) is 0 Å². The molecule has 5 heteroatoms. The van der Waals surface area contributed by atoms with E-state index >= 15 is 0 Å². The van der Waals surface area contributed by atoms with Gasteiger partial charge in [0.05, 0.1) is 16.6 Å². The molecule has 2 nitrogen and oxygen atoms in total. The highest BCUT2D eigenvalue weighted by Crippen LogP contribution is 2.23. The van der Waals surface area contributed by atoms with Gasteiger partial charge in [-0.25, -0.2) is 4.39 Å². The van der Waals surface area contributed by atoms with Crippen molar-refractivity contribution in [2.75, 3.05) is 0 Å². The van der Waals surface area contributed by atoms with Crippen LogP contribution in [0.25, 0.3) is 0 Å². The quantitative estimate of drug-likeness (QED) is 0.875. The maximum absolute atomic E-state index is 13.2. The topological polar surface area (TPSA) is 46.2 Å². The van der Waals surface area contributed by atoms with Crippen LogP contribution >= 0.6 is 28.3 Å². The molecule has 2 aromatic rings. The minimum Gasteiger partial charge on any atom is -0.391 e. The molecule has 108 valence electrons. The van der Waals surface area contributed by atoms with Crippen LogP contribution in [0.15, 0.2) is 53.0 Å². The lowest BCUT2D eigenvalue weighted by Crippen LogP contribution is -2.28. The van der Waals surface area contributed by atoms with Crippen molar-refractivity contribution in [3.05, 3.63) is 69.9 Å². The van der Waals surface area contributed by atoms with Crippen molar-refractivity contribution in [3.8, 4) is 0 Å². The second-order valence-corrected chi connectivity index (χ2v) is 5.31. The number of hydrogen-bond acceptors (Lipinski definition) is 2. The molecule has 2 atom stereocenters. The third kappa shape index (κ3) is 4.28. The lowest BCUT2D eigenvalue weighted by atomic mass is 9.97. The molecule has 0 unspecified atom stereocenters. The predicted molar refractivity (Wildman–Crippen MR) is 84.4 cm³/mol. The molecular formula is C15H16BrClFNO. The van der Waals surface area contributed by atoms with Gasteiger partial charge in [0.1, 0.15) is 5.82 Å². The summed E-state index contributed by atoms with van der Waals surface area (Å²) < 4.78 is 13.5. The van der Waals surface area contributed by atoms with Gasteiger partial charge in [0, 0.05) is 6.42 Å². The van der Waals surface area contributed by atoms with Crippen LogP contribution in [0.3, 0.4) is 0 Å². The number of rotatable bonds is 4. The van der Waals surface area contributed by atoms with Crippen molar-refractivity contribution in [2.24, 2.45) is 5.73 Å². The average Bonchev–Trinajstić information content (AvgIpc) is 2.42. The van der Waals surface area contributed by atoms with E-state index in [4.69, 9.17) is 5.73 Å². The SMILES string of the molecule is Cl.N[C@H](c1ccc(F)c(Br)c1)[C@@H](O)Cc1ccccc1. The summed E-state index contributed by atoms with van der Waals surface area (Å²) in [6.07, 6.45) is -0.239. The molecule has 0 spiro atoms. The number of aliphatic hydroxyl groups is 1. The molecule has 0 heterocycles. The van der Waals surface area contributed by atoms with Gasteiger partial charge < -0.3 is 10.8 Å². The smallest absolute Gasteiger partial charge is 0.137 e. The fourth-order valence-electron chi connectivity index (χ4n) is 1.92. The number of nitrogens with two attached hydrogens (primary N) is 1. The highest BCUT2D eigenvalue weighted by atomic mass is 79.9. The first-order valence-electron chi connectivity index (χ1n) is 6.00. The zero-order chi connectivity index (χ0) is 13.8. The maximum atomic E-state index is 13.2. The van der Waals surface area contributed by atoms with Crippen molar-refractivity contribution in [1.82, 2.24) is 0 Å². The van der Waals surface area contributed by atoms with Crippen molar-refractivity contribution < 1.29 is 9.50 Å². The van der Waals surface area contributed by atoms with Gasteiger partial charge >= 0.3 is 0 Å². The Morgan fingerprint density at radius 2 is 1.80 bits per heavy atom. The van der Waals surface area contributed by atoms with Crippen LogP contribution in [0.1, 0.15) is 17.2 Å². The first-order valence-corrected chi connectivity index (χ1v) is 6.80. The standard InChI is InChI=1S/C15H15BrFNO.ClH/c16-12-9-11(6-7-13(12)17)15(18)14(19)8-10-4-2-1-3-5-10;/h1-7,9,14-15,19H,8,18H2;1H/t14-,15+;/m0./s1. The lowest BCUT2D eigenvalue weighted by molar-refractivity contribution is 0.145. The average molecular weight is 361 g/mol. The maximum Gasteiger partial charge on any atom is 0.137 e. The second-order valence-electron chi connectivity index (χ2n) is 4.46. The largest absolute Gasteiger partial charge is 0.391 e. The van der Waals surface area contributed by atoms with Gasteiger partial charge in [0.2, 0.25) is 0 Å². The molecule has 2 rings (SSSR count). The Labute approximate surface area is 132 Å². The summed E-state index contributed by atoms with van der Waals surface area (Å²) in [4.78, 5) is 0. The van der Waals surface area contributed by atoms with Crippen molar-refractivity contribution >= 4 is 28.3 Å². The number of halogens is 3. The molecule has 20 heavy (non-hydrogen) atoms. The van der Waals surface area contributed by atoms with Crippen LogP contribution in [0.5, 0.6) is 0 Å². The molecule has 0 aliphatic heterocycles. The summed E-state index contributed by atoms with van der Waals surface area (Å²) in [7, 11) is 0. The molecule has 0 bridgehead atoms. The minimum absolute atomic E-state index is 0. The molecule has 0 amide bonds. The summed E-state index contributed by atoms with van der Waals surface area (Å²) in [6.45, 7) is 0. The number of hydrogen-bond donors (Lipinski definition) is 2. The normalized spacial score (nSPS) is 13.4. The van der Waals surface area contributed by atoms with Gasteiger partial charge in [-0.1, -0.05) is 36.4 Å². The van der Waals surface area contributed by atoms with E-state index in [9.17, 15) is 9.50 Å². The molecule has 0 fully saturated rings. The van der Waals surface area contributed by atoms with E-state index in [0.29, 0.717) is 16.5 Å². The Balaban J connectivity index is 0.00000200. The Morgan fingerprint density at radius 1 is 1.15 bits per heavy atom. The molecule has 0 saturated heterocycles. The van der Waals surface area contributed by atoms with Gasteiger partial charge in [-0.15, -0.1) is 12.4 Å². The van der Waals surface area contributed by atoms with Gasteiger partial charge in [0.15, 0.2) is 0 Å². The molecule has 2 aromatic carbocycles. The molecule has 0 saturated carbocycles. The predicted octanol–water partition coefficient (Wildman–Crippen LogP) is 3.61. The molecule has 0 aliphatic rings. The summed E-state index contributed by atoms with van der Waals surface area (Å²) in [6, 6.07) is 13.6. The zero-order valence-electron chi connectivity index (χ0n) is 10.7. The zero-order valence-corrected chi connectivity index (χ0v) is 13.1. The highest BCUT2D eigenvalue weighted by molar-refractivity contribution is 9.10. The van der Waals surface area contributed by atoms with E-state index < -0.39 is 12.1 Å². The molecule has 3 N–H and O–H groups in total. The minimum atomic E-state index is -0.709. The molecule has 0 aromatic heterocycles. The van der Waals surface area contributed by atoms with E-state index in [0.717, 1.165) is 5.56 Å². The van der Waals surface area contributed by atoms with Crippen LogP contribution in [0, 0.1) is 5.82 Å². The third-order valence-electron chi connectivity index (χ3n) is 3.03. The van der Waals surface area contributed by atoms with Crippen LogP contribution in [0.2, 0.25) is 0 Å². The number of aliphatic hydroxyl groups excluding tert-OH is 1. The van der Waals surface area contributed by atoms with Gasteiger partial charge in [-0.2, -0.15) is 0 Å². The fourth-order valence-corrected chi connectivity index (χ4v) is 2.32. The van der Waals surface area contributed by atoms with E-state index in [1.165, 1.54) is 6.07 Å². The van der Waals surface area contributed by atoms with E-state index in [1.807, 2.05) is 30.3 Å². The number of benzene rings is 2. The van der Waals surface area contributed by atoms with Gasteiger partial charge in [0.25, 0.3) is 0 Å². The molecular weight excluding hydrogens is 345 g/mol. The monoisotopic (exact) mass is 359 g/mol. The van der Waals surface area contributed by atoms with Crippen LogP contribution in [0.4, 0.5) is 4.39 Å². The second kappa shape index (κ2) is 7.74. The van der Waals surface area contributed by atoms with Crippen LogP contribution in [-0.2, 0) is 6.42 Å². The summed E-state index contributed by atoms with van der Waals surface area (Å²) in [5, 5.41) is 10.2. The summed E-state index contributed by atoms with van der Waals surface area (Å²) in [5.41, 5.74) is 7.74. The Morgan fingerprint density at radius 3 is 2.40 bits per heavy atom. The van der Waals surface area contributed by atoms with Crippen molar-refractivity contribution in [2.45, 2.75) is 18.6 Å². The van der Waals surface area contributed by atoms with E-state index in [1.54, 1.807) is 12.1 Å². The summed E-state index contributed by atoms with van der Waals surface area (Å²) >= 11 is 3.12. The van der Waals surface area contributed by atoms with Gasteiger partial charge in [-0.05, 0) is 39.2 Å². The van der Waals surface area contributed by atoms with Crippen LogP contribution < -0.4 is 5.73 Å². The van der Waals surface area contributed by atoms with Crippen LogP contribution in [-0.4, -0.2) is 11.2 Å².